The molecule has 1 saturated heterocycles. The first-order valence-corrected chi connectivity index (χ1v) is 7.33. The Hall–Kier alpha value is -2.37. The molecule has 1 heterocycles. The summed E-state index contributed by atoms with van der Waals surface area (Å²) in [6.45, 7) is 3.72. The van der Waals surface area contributed by atoms with Crippen LogP contribution in [0.4, 0.5) is 10.5 Å². The first kappa shape index (κ1) is 16.0. The Bertz CT molecular complexity index is 571. The fourth-order valence-corrected chi connectivity index (χ4v) is 2.39. The smallest absolute Gasteiger partial charge is 0.325 e. The van der Waals surface area contributed by atoms with Crippen molar-refractivity contribution in [2.75, 3.05) is 18.5 Å². The highest BCUT2D eigenvalue weighted by molar-refractivity contribution is 6.08. The van der Waals surface area contributed by atoms with Crippen molar-refractivity contribution in [2.24, 2.45) is 5.92 Å². The standard InChI is InChI=1S/C16H21N3O3/c1-11(2)9-13-15(21)19(16(22)17-13)10-14(20)18(3)12-7-5-4-6-8-12/h4-8,11,13H,9-10H2,1-3H3,(H,17,22). The maximum absolute atomic E-state index is 12.3. The van der Waals surface area contributed by atoms with Crippen molar-refractivity contribution in [3.8, 4) is 0 Å². The molecule has 1 aromatic carbocycles. The molecule has 0 spiro atoms. The van der Waals surface area contributed by atoms with E-state index in [0.717, 1.165) is 10.6 Å². The number of urea groups is 1. The summed E-state index contributed by atoms with van der Waals surface area (Å²) >= 11 is 0. The van der Waals surface area contributed by atoms with Gasteiger partial charge < -0.3 is 10.2 Å². The van der Waals surface area contributed by atoms with Gasteiger partial charge in [-0.15, -0.1) is 0 Å². The van der Waals surface area contributed by atoms with Gasteiger partial charge in [0, 0.05) is 12.7 Å². The SMILES string of the molecule is CC(C)CC1NC(=O)N(CC(=O)N(C)c2ccccc2)C1=O. The molecular weight excluding hydrogens is 282 g/mol. The van der Waals surface area contributed by atoms with Gasteiger partial charge in [-0.3, -0.25) is 14.5 Å². The largest absolute Gasteiger partial charge is 0.326 e. The molecule has 1 aromatic rings. The lowest BCUT2D eigenvalue weighted by Crippen LogP contribution is -2.42. The van der Waals surface area contributed by atoms with Crippen molar-refractivity contribution in [3.05, 3.63) is 30.3 Å². The summed E-state index contributed by atoms with van der Waals surface area (Å²) in [5.41, 5.74) is 0.721. The normalized spacial score (nSPS) is 17.8. The van der Waals surface area contributed by atoms with Crippen LogP contribution in [-0.4, -0.2) is 42.4 Å². The van der Waals surface area contributed by atoms with E-state index >= 15 is 0 Å². The van der Waals surface area contributed by atoms with Gasteiger partial charge >= 0.3 is 6.03 Å². The monoisotopic (exact) mass is 303 g/mol. The van der Waals surface area contributed by atoms with E-state index in [9.17, 15) is 14.4 Å². The number of rotatable bonds is 5. The Morgan fingerprint density at radius 1 is 1.27 bits per heavy atom. The molecule has 1 N–H and O–H groups in total. The van der Waals surface area contributed by atoms with E-state index in [1.165, 1.54) is 4.90 Å². The Kier molecular flexibility index (Phi) is 4.80. The summed E-state index contributed by atoms with van der Waals surface area (Å²) in [5.74, 6) is -0.342. The van der Waals surface area contributed by atoms with Gasteiger partial charge in [-0.25, -0.2) is 4.79 Å². The summed E-state index contributed by atoms with van der Waals surface area (Å²) < 4.78 is 0. The van der Waals surface area contributed by atoms with E-state index in [1.807, 2.05) is 32.0 Å². The van der Waals surface area contributed by atoms with E-state index in [-0.39, 0.29) is 24.3 Å². The van der Waals surface area contributed by atoms with E-state index in [1.54, 1.807) is 19.2 Å². The Labute approximate surface area is 130 Å². The zero-order valence-corrected chi connectivity index (χ0v) is 13.1. The quantitative estimate of drug-likeness (QED) is 0.840. The molecule has 22 heavy (non-hydrogen) atoms. The maximum Gasteiger partial charge on any atom is 0.325 e. The van der Waals surface area contributed by atoms with Crippen molar-refractivity contribution >= 4 is 23.5 Å². The zero-order chi connectivity index (χ0) is 16.3. The lowest BCUT2D eigenvalue weighted by Gasteiger charge is -2.20. The third kappa shape index (κ3) is 3.44. The molecule has 1 aliphatic rings. The predicted octanol–water partition coefficient (Wildman–Crippen LogP) is 1.62. The highest BCUT2D eigenvalue weighted by Gasteiger charge is 2.39. The number of carbonyl (C=O) groups excluding carboxylic acids is 3. The average molecular weight is 303 g/mol. The highest BCUT2D eigenvalue weighted by Crippen LogP contribution is 2.16. The van der Waals surface area contributed by atoms with Crippen LogP contribution in [0.5, 0.6) is 0 Å². The van der Waals surface area contributed by atoms with Crippen molar-refractivity contribution in [3.63, 3.8) is 0 Å². The van der Waals surface area contributed by atoms with Crippen molar-refractivity contribution < 1.29 is 14.4 Å². The number of imide groups is 1. The summed E-state index contributed by atoms with van der Waals surface area (Å²) in [4.78, 5) is 38.8. The van der Waals surface area contributed by atoms with Crippen LogP contribution in [0.15, 0.2) is 30.3 Å². The van der Waals surface area contributed by atoms with Crippen LogP contribution < -0.4 is 10.2 Å². The lowest BCUT2D eigenvalue weighted by molar-refractivity contribution is -0.131. The minimum atomic E-state index is -0.526. The molecule has 1 fully saturated rings. The van der Waals surface area contributed by atoms with Gasteiger partial charge in [-0.05, 0) is 24.5 Å². The molecule has 6 heteroatoms. The van der Waals surface area contributed by atoms with Gasteiger partial charge in [0.2, 0.25) is 5.91 Å². The molecule has 0 aromatic heterocycles. The van der Waals surface area contributed by atoms with Gasteiger partial charge in [0.15, 0.2) is 0 Å². The molecule has 4 amide bonds. The van der Waals surface area contributed by atoms with Crippen molar-refractivity contribution in [1.82, 2.24) is 10.2 Å². The minimum absolute atomic E-state index is 0.245. The van der Waals surface area contributed by atoms with Gasteiger partial charge in [-0.2, -0.15) is 0 Å². The first-order chi connectivity index (χ1) is 10.4. The number of nitrogens with one attached hydrogen (secondary N) is 1. The Morgan fingerprint density at radius 2 is 1.91 bits per heavy atom. The molecule has 118 valence electrons. The highest BCUT2D eigenvalue weighted by atomic mass is 16.2. The second-order valence-corrected chi connectivity index (χ2v) is 5.84. The zero-order valence-electron chi connectivity index (χ0n) is 13.1. The molecular formula is C16H21N3O3. The van der Waals surface area contributed by atoms with Crippen LogP contribution in [0.1, 0.15) is 20.3 Å². The number of anilines is 1. The van der Waals surface area contributed by atoms with Crippen LogP contribution in [0, 0.1) is 5.92 Å². The molecule has 0 bridgehead atoms. The van der Waals surface area contributed by atoms with Crippen molar-refractivity contribution in [2.45, 2.75) is 26.3 Å². The molecule has 2 rings (SSSR count). The second kappa shape index (κ2) is 6.60. The summed E-state index contributed by atoms with van der Waals surface area (Å²) in [5, 5.41) is 2.64. The van der Waals surface area contributed by atoms with Crippen LogP contribution in [0.2, 0.25) is 0 Å². The number of para-hydroxylation sites is 1. The van der Waals surface area contributed by atoms with Crippen molar-refractivity contribution in [1.29, 1.82) is 0 Å². The molecule has 6 nitrogen and oxygen atoms in total. The second-order valence-electron chi connectivity index (χ2n) is 5.84. The fraction of sp³-hybridized carbons (Fsp3) is 0.438. The number of carbonyl (C=O) groups is 3. The number of nitrogens with zero attached hydrogens (tertiary/aromatic N) is 2. The summed E-state index contributed by atoms with van der Waals surface area (Å²) in [6, 6.07) is 8.08. The number of hydrogen-bond acceptors (Lipinski definition) is 3. The first-order valence-electron chi connectivity index (χ1n) is 7.33. The van der Waals surface area contributed by atoms with E-state index in [2.05, 4.69) is 5.32 Å². The number of likely N-dealkylation sites (N-methyl/N-ethyl adjacent to an activating group) is 1. The molecule has 1 atom stereocenters. The Morgan fingerprint density at radius 3 is 2.50 bits per heavy atom. The van der Waals surface area contributed by atoms with Gasteiger partial charge in [-0.1, -0.05) is 32.0 Å². The minimum Gasteiger partial charge on any atom is -0.326 e. The topological polar surface area (TPSA) is 69.7 Å². The lowest BCUT2D eigenvalue weighted by atomic mass is 10.0. The number of amides is 4. The third-order valence-electron chi connectivity index (χ3n) is 3.63. The predicted molar refractivity (Wildman–Crippen MR) is 83.3 cm³/mol. The third-order valence-corrected chi connectivity index (χ3v) is 3.63. The van der Waals surface area contributed by atoms with Gasteiger partial charge in [0.1, 0.15) is 12.6 Å². The molecule has 0 radical (unpaired) electrons. The van der Waals surface area contributed by atoms with Crippen LogP contribution in [-0.2, 0) is 9.59 Å². The number of hydrogen-bond donors (Lipinski definition) is 1. The molecule has 1 unspecified atom stereocenters. The molecule has 0 saturated carbocycles. The van der Waals surface area contributed by atoms with Crippen LogP contribution in [0.25, 0.3) is 0 Å². The van der Waals surface area contributed by atoms with Gasteiger partial charge in [0.25, 0.3) is 5.91 Å². The molecule has 1 aliphatic heterocycles. The average Bonchev–Trinajstić information content (AvgIpc) is 2.74. The number of benzene rings is 1. The molecule has 0 aliphatic carbocycles. The van der Waals surface area contributed by atoms with Crippen LogP contribution >= 0.6 is 0 Å². The fourth-order valence-electron chi connectivity index (χ4n) is 2.39. The van der Waals surface area contributed by atoms with Crippen LogP contribution in [0.3, 0.4) is 0 Å². The Balaban J connectivity index is 2.02. The summed E-state index contributed by atoms with van der Waals surface area (Å²) in [7, 11) is 1.63. The summed E-state index contributed by atoms with van der Waals surface area (Å²) in [6.07, 6.45) is 0.573. The van der Waals surface area contributed by atoms with Gasteiger partial charge in [0.05, 0.1) is 0 Å². The van der Waals surface area contributed by atoms with E-state index < -0.39 is 12.1 Å². The maximum atomic E-state index is 12.3. The van der Waals surface area contributed by atoms with E-state index in [4.69, 9.17) is 0 Å². The van der Waals surface area contributed by atoms with E-state index in [0.29, 0.717) is 6.42 Å².